The maximum atomic E-state index is 11.9. The van der Waals surface area contributed by atoms with Crippen molar-refractivity contribution in [3.63, 3.8) is 0 Å². The Kier molecular flexibility index (Phi) is 2.96. The van der Waals surface area contributed by atoms with Crippen LogP contribution >= 0.6 is 0 Å². The highest BCUT2D eigenvalue weighted by atomic mass is 16.5. The van der Waals surface area contributed by atoms with Crippen LogP contribution in [-0.2, 0) is 0 Å². The van der Waals surface area contributed by atoms with E-state index in [9.17, 15) is 4.79 Å². The Morgan fingerprint density at radius 2 is 2.38 bits per heavy atom. The van der Waals surface area contributed by atoms with Crippen LogP contribution in [0.25, 0.3) is 0 Å². The number of amides is 1. The maximum absolute atomic E-state index is 11.9. The van der Waals surface area contributed by atoms with Gasteiger partial charge in [-0.3, -0.25) is 4.79 Å². The van der Waals surface area contributed by atoms with E-state index in [0.717, 1.165) is 12.8 Å². The van der Waals surface area contributed by atoms with Crippen molar-refractivity contribution in [2.45, 2.75) is 25.9 Å². The van der Waals surface area contributed by atoms with Gasteiger partial charge in [0.15, 0.2) is 0 Å². The highest BCUT2D eigenvalue weighted by molar-refractivity contribution is 5.94. The van der Waals surface area contributed by atoms with Crippen molar-refractivity contribution in [2.24, 2.45) is 5.92 Å². The topological polar surface area (TPSA) is 66.6 Å². The van der Waals surface area contributed by atoms with E-state index in [0.29, 0.717) is 23.8 Å². The molecule has 1 heterocycles. The summed E-state index contributed by atoms with van der Waals surface area (Å²) < 4.78 is 4.86. The van der Waals surface area contributed by atoms with Gasteiger partial charge in [0.2, 0.25) is 0 Å². The van der Waals surface area contributed by atoms with Crippen molar-refractivity contribution in [1.29, 1.82) is 0 Å². The molecule has 1 amide bonds. The van der Waals surface area contributed by atoms with Gasteiger partial charge in [-0.25, -0.2) is 0 Å². The number of aryl methyl sites for hydroxylation is 1. The molecule has 0 spiro atoms. The number of hydrogen-bond donors (Lipinski definition) is 1. The van der Waals surface area contributed by atoms with Crippen molar-refractivity contribution >= 4 is 5.91 Å². The molecule has 1 aliphatic rings. The normalized spacial score (nSPS) is 23.9. The number of carbonyl (C=O) groups excluding carboxylic acids is 1. The first kappa shape index (κ1) is 11.1. The number of hydrogen-bond acceptors (Lipinski definition) is 4. The summed E-state index contributed by atoms with van der Waals surface area (Å²) in [6.45, 7) is 2.40. The second-order valence-corrected chi connectivity index (χ2v) is 4.47. The molecule has 0 radical (unpaired) electrons. The molecule has 88 valence electrons. The van der Waals surface area contributed by atoms with Crippen molar-refractivity contribution in [2.75, 3.05) is 13.6 Å². The Labute approximate surface area is 94.0 Å². The summed E-state index contributed by atoms with van der Waals surface area (Å²) >= 11 is 0. The minimum Gasteiger partial charge on any atom is -0.393 e. The van der Waals surface area contributed by atoms with Crippen LogP contribution < -0.4 is 0 Å². The summed E-state index contributed by atoms with van der Waals surface area (Å²) in [5.41, 5.74) is 0.516. The van der Waals surface area contributed by atoms with Gasteiger partial charge in [0.25, 0.3) is 5.91 Å². The van der Waals surface area contributed by atoms with Gasteiger partial charge in [-0.1, -0.05) is 5.16 Å². The van der Waals surface area contributed by atoms with Gasteiger partial charge in [-0.15, -0.1) is 0 Å². The predicted octanol–water partition coefficient (Wildman–Crippen LogP) is 0.826. The zero-order valence-corrected chi connectivity index (χ0v) is 9.51. The van der Waals surface area contributed by atoms with Gasteiger partial charge in [0.1, 0.15) is 11.3 Å². The number of aliphatic hydroxyl groups is 1. The quantitative estimate of drug-likeness (QED) is 0.825. The molecule has 0 aliphatic heterocycles. The third-order valence-corrected chi connectivity index (χ3v) is 3.07. The molecule has 0 atom stereocenters. The fourth-order valence-electron chi connectivity index (χ4n) is 2.03. The zero-order chi connectivity index (χ0) is 11.7. The summed E-state index contributed by atoms with van der Waals surface area (Å²) in [5, 5.41) is 12.8. The number of aliphatic hydroxyl groups excluding tert-OH is 1. The Balaban J connectivity index is 1.92. The molecule has 0 aromatic carbocycles. The standard InChI is InChI=1S/C11H16N2O3/c1-7-10(5-12-16-7)11(15)13(2)6-8-3-9(14)4-8/h5,8-9,14H,3-4,6H2,1-2H3. The summed E-state index contributed by atoms with van der Waals surface area (Å²) in [4.78, 5) is 13.6. The van der Waals surface area contributed by atoms with Crippen LogP contribution in [0.4, 0.5) is 0 Å². The second kappa shape index (κ2) is 4.25. The van der Waals surface area contributed by atoms with E-state index < -0.39 is 0 Å². The van der Waals surface area contributed by atoms with Gasteiger partial charge in [0, 0.05) is 13.6 Å². The summed E-state index contributed by atoms with van der Waals surface area (Å²) in [5.74, 6) is 0.898. The van der Waals surface area contributed by atoms with Crippen LogP contribution in [0.2, 0.25) is 0 Å². The number of rotatable bonds is 3. The van der Waals surface area contributed by atoms with Gasteiger partial charge < -0.3 is 14.5 Å². The first-order chi connectivity index (χ1) is 7.58. The van der Waals surface area contributed by atoms with Gasteiger partial charge in [0.05, 0.1) is 12.3 Å². The first-order valence-corrected chi connectivity index (χ1v) is 5.42. The van der Waals surface area contributed by atoms with E-state index >= 15 is 0 Å². The predicted molar refractivity (Wildman–Crippen MR) is 56.9 cm³/mol. The molecule has 1 aromatic rings. The lowest BCUT2D eigenvalue weighted by Crippen LogP contribution is -2.39. The average Bonchev–Trinajstić information content (AvgIpc) is 2.61. The molecule has 16 heavy (non-hydrogen) atoms. The minimum absolute atomic E-state index is 0.0693. The summed E-state index contributed by atoms with van der Waals surface area (Å²) in [6, 6.07) is 0. The van der Waals surface area contributed by atoms with Gasteiger partial charge in [-0.2, -0.15) is 0 Å². The third kappa shape index (κ3) is 2.09. The van der Waals surface area contributed by atoms with E-state index in [4.69, 9.17) is 9.63 Å². The highest BCUT2D eigenvalue weighted by Gasteiger charge is 2.29. The molecule has 1 aliphatic carbocycles. The largest absolute Gasteiger partial charge is 0.393 e. The van der Waals surface area contributed by atoms with E-state index in [2.05, 4.69) is 5.16 Å². The lowest BCUT2D eigenvalue weighted by Gasteiger charge is -2.34. The fraction of sp³-hybridized carbons (Fsp3) is 0.636. The molecule has 0 saturated heterocycles. The molecule has 2 rings (SSSR count). The monoisotopic (exact) mass is 224 g/mol. The molecule has 1 N–H and O–H groups in total. The Morgan fingerprint density at radius 1 is 1.69 bits per heavy atom. The Bertz CT molecular complexity index is 382. The maximum Gasteiger partial charge on any atom is 0.258 e. The van der Waals surface area contributed by atoms with Crippen LogP contribution in [0, 0.1) is 12.8 Å². The third-order valence-electron chi connectivity index (χ3n) is 3.07. The van der Waals surface area contributed by atoms with Crippen LogP contribution in [-0.4, -0.2) is 40.8 Å². The molecule has 1 fully saturated rings. The lowest BCUT2D eigenvalue weighted by atomic mass is 9.82. The lowest BCUT2D eigenvalue weighted by molar-refractivity contribution is 0.0265. The van der Waals surface area contributed by atoms with Gasteiger partial charge >= 0.3 is 0 Å². The van der Waals surface area contributed by atoms with Crippen LogP contribution in [0.1, 0.15) is 29.0 Å². The molecule has 1 saturated carbocycles. The molecule has 5 nitrogen and oxygen atoms in total. The van der Waals surface area contributed by atoms with Crippen LogP contribution in [0.5, 0.6) is 0 Å². The Hall–Kier alpha value is -1.36. The molecular weight excluding hydrogens is 208 g/mol. The average molecular weight is 224 g/mol. The molecular formula is C11H16N2O3. The van der Waals surface area contributed by atoms with E-state index in [1.165, 1.54) is 6.20 Å². The number of carbonyl (C=O) groups is 1. The van der Waals surface area contributed by atoms with Crippen LogP contribution in [0.15, 0.2) is 10.7 Å². The fourth-order valence-corrected chi connectivity index (χ4v) is 2.03. The number of nitrogens with zero attached hydrogens (tertiary/aromatic N) is 2. The highest BCUT2D eigenvalue weighted by Crippen LogP contribution is 2.28. The smallest absolute Gasteiger partial charge is 0.258 e. The zero-order valence-electron chi connectivity index (χ0n) is 9.51. The summed E-state index contributed by atoms with van der Waals surface area (Å²) in [6.07, 6.45) is 2.86. The minimum atomic E-state index is -0.175. The summed E-state index contributed by atoms with van der Waals surface area (Å²) in [7, 11) is 1.76. The second-order valence-electron chi connectivity index (χ2n) is 4.47. The van der Waals surface area contributed by atoms with Crippen LogP contribution in [0.3, 0.4) is 0 Å². The SMILES string of the molecule is Cc1oncc1C(=O)N(C)CC1CC(O)C1. The molecule has 5 heteroatoms. The van der Waals surface area contributed by atoms with E-state index in [1.54, 1.807) is 18.9 Å². The molecule has 0 bridgehead atoms. The van der Waals surface area contributed by atoms with E-state index in [1.807, 2.05) is 0 Å². The van der Waals surface area contributed by atoms with Crippen molar-refractivity contribution in [3.05, 3.63) is 17.5 Å². The van der Waals surface area contributed by atoms with Crippen molar-refractivity contribution in [1.82, 2.24) is 10.1 Å². The molecule has 0 unspecified atom stereocenters. The first-order valence-electron chi connectivity index (χ1n) is 5.42. The van der Waals surface area contributed by atoms with Gasteiger partial charge in [-0.05, 0) is 25.7 Å². The van der Waals surface area contributed by atoms with E-state index in [-0.39, 0.29) is 12.0 Å². The van der Waals surface area contributed by atoms with Crippen molar-refractivity contribution in [3.8, 4) is 0 Å². The Morgan fingerprint density at radius 3 is 2.88 bits per heavy atom. The molecule has 1 aromatic heterocycles. The van der Waals surface area contributed by atoms with Crippen molar-refractivity contribution < 1.29 is 14.4 Å². The number of aromatic nitrogens is 1.